The normalized spacial score (nSPS) is 31.1. The van der Waals surface area contributed by atoms with E-state index in [9.17, 15) is 5.11 Å². The molecule has 0 bridgehead atoms. The van der Waals surface area contributed by atoms with Gasteiger partial charge in [0.1, 0.15) is 5.60 Å². The van der Waals surface area contributed by atoms with Gasteiger partial charge in [-0.2, -0.15) is 0 Å². The zero-order valence-electron chi connectivity index (χ0n) is 9.48. The van der Waals surface area contributed by atoms with Gasteiger partial charge in [0.25, 0.3) is 0 Å². The Hall–Kier alpha value is -0.860. The van der Waals surface area contributed by atoms with Crippen molar-refractivity contribution >= 4 is 0 Å². The van der Waals surface area contributed by atoms with Gasteiger partial charge in [-0.05, 0) is 38.9 Å². The molecule has 2 heteroatoms. The zero-order chi connectivity index (χ0) is 10.9. The van der Waals surface area contributed by atoms with Crippen molar-refractivity contribution in [2.75, 3.05) is 14.1 Å². The molecule has 0 aromatic heterocycles. The van der Waals surface area contributed by atoms with E-state index in [4.69, 9.17) is 0 Å². The summed E-state index contributed by atoms with van der Waals surface area (Å²) in [6.45, 7) is 0. The lowest BCUT2D eigenvalue weighted by molar-refractivity contribution is -0.0175. The number of rotatable bonds is 2. The fourth-order valence-electron chi connectivity index (χ4n) is 2.72. The Kier molecular flexibility index (Phi) is 2.81. The molecule has 0 amide bonds. The largest absolute Gasteiger partial charge is 0.384 e. The molecule has 1 aliphatic carbocycles. The lowest BCUT2D eigenvalue weighted by Gasteiger charge is -2.35. The first kappa shape index (κ1) is 10.7. The van der Waals surface area contributed by atoms with Crippen molar-refractivity contribution in [2.24, 2.45) is 0 Å². The van der Waals surface area contributed by atoms with Gasteiger partial charge in [-0.15, -0.1) is 0 Å². The van der Waals surface area contributed by atoms with Crippen molar-refractivity contribution in [1.29, 1.82) is 0 Å². The predicted octanol–water partition coefficient (Wildman–Crippen LogP) is 1.99. The number of aliphatic hydroxyl groups is 1. The fraction of sp³-hybridized carbons (Fsp3) is 0.538. The summed E-state index contributed by atoms with van der Waals surface area (Å²) < 4.78 is 0. The second-order valence-electron chi connectivity index (χ2n) is 4.66. The highest BCUT2D eigenvalue weighted by atomic mass is 16.3. The third-order valence-electron chi connectivity index (χ3n) is 3.48. The molecule has 1 saturated carbocycles. The highest BCUT2D eigenvalue weighted by Crippen LogP contribution is 2.40. The van der Waals surface area contributed by atoms with Gasteiger partial charge in [-0.25, -0.2) is 0 Å². The molecule has 1 aromatic carbocycles. The number of hydrogen-bond donors (Lipinski definition) is 1. The van der Waals surface area contributed by atoms with Crippen molar-refractivity contribution in [2.45, 2.75) is 30.9 Å². The Labute approximate surface area is 91.5 Å². The molecule has 1 N–H and O–H groups in total. The van der Waals surface area contributed by atoms with Crippen molar-refractivity contribution in [3.63, 3.8) is 0 Å². The lowest BCUT2D eigenvalue weighted by Crippen LogP contribution is -2.43. The smallest absolute Gasteiger partial charge is 0.105 e. The maximum absolute atomic E-state index is 10.8. The second-order valence-corrected chi connectivity index (χ2v) is 4.66. The van der Waals surface area contributed by atoms with E-state index in [-0.39, 0.29) is 6.04 Å². The lowest BCUT2D eigenvalue weighted by atomic mass is 9.88. The molecule has 82 valence electrons. The SMILES string of the molecule is CN(C)C1CCCC1(O)c1ccccc1. The third-order valence-corrected chi connectivity index (χ3v) is 3.48. The van der Waals surface area contributed by atoms with E-state index < -0.39 is 5.60 Å². The molecular formula is C13H19NO. The van der Waals surface area contributed by atoms with Gasteiger partial charge in [0.15, 0.2) is 0 Å². The molecule has 0 saturated heterocycles. The summed E-state index contributed by atoms with van der Waals surface area (Å²) in [5, 5.41) is 10.8. The van der Waals surface area contributed by atoms with E-state index in [0.717, 1.165) is 24.8 Å². The van der Waals surface area contributed by atoms with E-state index in [1.807, 2.05) is 44.4 Å². The van der Waals surface area contributed by atoms with Crippen LogP contribution in [0.1, 0.15) is 24.8 Å². The molecule has 0 aliphatic heterocycles. The van der Waals surface area contributed by atoms with Crippen molar-refractivity contribution in [1.82, 2.24) is 4.90 Å². The number of nitrogens with zero attached hydrogens (tertiary/aromatic N) is 1. The first-order valence-corrected chi connectivity index (χ1v) is 5.59. The van der Waals surface area contributed by atoms with Gasteiger partial charge in [0.05, 0.1) is 0 Å². The zero-order valence-corrected chi connectivity index (χ0v) is 9.48. The minimum absolute atomic E-state index is 0.250. The molecule has 0 spiro atoms. The van der Waals surface area contributed by atoms with Crippen LogP contribution in [-0.2, 0) is 5.60 Å². The van der Waals surface area contributed by atoms with E-state index in [2.05, 4.69) is 4.90 Å². The third kappa shape index (κ3) is 1.80. The van der Waals surface area contributed by atoms with Crippen LogP contribution in [0.3, 0.4) is 0 Å². The van der Waals surface area contributed by atoms with Crippen molar-refractivity contribution in [3.8, 4) is 0 Å². The highest BCUT2D eigenvalue weighted by molar-refractivity contribution is 5.25. The summed E-state index contributed by atoms with van der Waals surface area (Å²) in [6.07, 6.45) is 3.06. The van der Waals surface area contributed by atoms with Crippen LogP contribution >= 0.6 is 0 Å². The van der Waals surface area contributed by atoms with Crippen LogP contribution in [0, 0.1) is 0 Å². The maximum atomic E-state index is 10.8. The monoisotopic (exact) mass is 205 g/mol. The molecule has 1 aliphatic rings. The Morgan fingerprint density at radius 2 is 1.93 bits per heavy atom. The summed E-state index contributed by atoms with van der Waals surface area (Å²) in [6, 6.07) is 10.3. The van der Waals surface area contributed by atoms with Gasteiger partial charge in [-0.3, -0.25) is 0 Å². The minimum atomic E-state index is -0.648. The molecular weight excluding hydrogens is 186 g/mol. The topological polar surface area (TPSA) is 23.5 Å². The number of likely N-dealkylation sites (N-methyl/N-ethyl adjacent to an activating group) is 1. The Bertz CT molecular complexity index is 323. The summed E-state index contributed by atoms with van der Waals surface area (Å²) in [4.78, 5) is 2.14. The van der Waals surface area contributed by atoms with Gasteiger partial charge >= 0.3 is 0 Å². The molecule has 2 rings (SSSR count). The van der Waals surface area contributed by atoms with Gasteiger partial charge in [0.2, 0.25) is 0 Å². The Balaban J connectivity index is 2.33. The molecule has 2 nitrogen and oxygen atoms in total. The van der Waals surface area contributed by atoms with E-state index in [0.29, 0.717) is 0 Å². The van der Waals surface area contributed by atoms with Crippen LogP contribution in [0.2, 0.25) is 0 Å². The van der Waals surface area contributed by atoms with Gasteiger partial charge in [0, 0.05) is 6.04 Å². The summed E-state index contributed by atoms with van der Waals surface area (Å²) in [5.74, 6) is 0. The predicted molar refractivity (Wildman–Crippen MR) is 61.7 cm³/mol. The second kappa shape index (κ2) is 3.95. The average molecular weight is 205 g/mol. The average Bonchev–Trinajstić information content (AvgIpc) is 2.63. The van der Waals surface area contributed by atoms with Crippen LogP contribution in [0.5, 0.6) is 0 Å². The standard InChI is InChI=1S/C13H19NO/c1-14(2)12-9-6-10-13(12,15)11-7-4-3-5-8-11/h3-5,7-8,12,15H,6,9-10H2,1-2H3. The highest BCUT2D eigenvalue weighted by Gasteiger charge is 2.43. The van der Waals surface area contributed by atoms with Crippen LogP contribution in [0.15, 0.2) is 30.3 Å². The fourth-order valence-corrected chi connectivity index (χ4v) is 2.72. The first-order valence-electron chi connectivity index (χ1n) is 5.59. The van der Waals surface area contributed by atoms with Gasteiger partial charge < -0.3 is 10.0 Å². The van der Waals surface area contributed by atoms with E-state index in [1.165, 1.54) is 0 Å². The Morgan fingerprint density at radius 1 is 1.27 bits per heavy atom. The van der Waals surface area contributed by atoms with E-state index >= 15 is 0 Å². The maximum Gasteiger partial charge on any atom is 0.105 e. The molecule has 0 radical (unpaired) electrons. The first-order chi connectivity index (χ1) is 7.14. The van der Waals surface area contributed by atoms with Gasteiger partial charge in [-0.1, -0.05) is 30.3 Å². The number of benzene rings is 1. The Morgan fingerprint density at radius 3 is 2.53 bits per heavy atom. The summed E-state index contributed by atoms with van der Waals surface area (Å²) >= 11 is 0. The molecule has 1 aromatic rings. The van der Waals surface area contributed by atoms with Crippen molar-refractivity contribution < 1.29 is 5.11 Å². The molecule has 2 unspecified atom stereocenters. The molecule has 0 heterocycles. The van der Waals surface area contributed by atoms with Crippen LogP contribution in [0.4, 0.5) is 0 Å². The summed E-state index contributed by atoms with van der Waals surface area (Å²) in [7, 11) is 4.09. The molecule has 15 heavy (non-hydrogen) atoms. The summed E-state index contributed by atoms with van der Waals surface area (Å²) in [5.41, 5.74) is 0.409. The van der Waals surface area contributed by atoms with E-state index in [1.54, 1.807) is 0 Å². The molecule has 2 atom stereocenters. The van der Waals surface area contributed by atoms with Crippen molar-refractivity contribution in [3.05, 3.63) is 35.9 Å². The van der Waals surface area contributed by atoms with Crippen LogP contribution < -0.4 is 0 Å². The quantitative estimate of drug-likeness (QED) is 0.798. The minimum Gasteiger partial charge on any atom is -0.384 e. The van der Waals surface area contributed by atoms with Crippen LogP contribution in [-0.4, -0.2) is 30.1 Å². The molecule has 1 fully saturated rings. The number of hydrogen-bond acceptors (Lipinski definition) is 2. The van der Waals surface area contributed by atoms with Crippen LogP contribution in [0.25, 0.3) is 0 Å².